The van der Waals surface area contributed by atoms with E-state index in [1.807, 2.05) is 0 Å². The number of thiocarbonyl (C=S) groups is 1. The van der Waals surface area contributed by atoms with Crippen LogP contribution in [-0.2, 0) is 59.9 Å². The second kappa shape index (κ2) is 19.3. The van der Waals surface area contributed by atoms with E-state index in [9.17, 15) is 40.7 Å². The number of esters is 3. The maximum atomic E-state index is 13.5. The molecule has 0 radical (unpaired) electrons. The minimum Gasteiger partial charge on any atom is -0.463 e. The average molecular weight is 1000 g/mol. The molecule has 69 heavy (non-hydrogen) atoms. The number of carbonyl (C=O) groups is 3. The summed E-state index contributed by atoms with van der Waals surface area (Å²) in [6, 6.07) is -0.259. The smallest absolute Gasteiger partial charge is 0.416 e. The number of rotatable bonds is 9. The molecule has 1 spiro atoms. The topological polar surface area (TPSA) is 152 Å². The summed E-state index contributed by atoms with van der Waals surface area (Å²) >= 11 is 5.49. The predicted molar refractivity (Wildman–Crippen MR) is 240 cm³/mol. The Morgan fingerprint density at radius 3 is 2.20 bits per heavy atom. The van der Waals surface area contributed by atoms with Crippen LogP contribution in [0.3, 0.4) is 0 Å². The molecule has 20 heteroatoms. The molecule has 4 aliphatic carbocycles. The van der Waals surface area contributed by atoms with Crippen LogP contribution in [0.2, 0.25) is 0 Å². The van der Waals surface area contributed by atoms with Gasteiger partial charge in [-0.25, -0.2) is 0 Å². The summed E-state index contributed by atoms with van der Waals surface area (Å²) < 4.78 is 125. The predicted octanol–water partition coefficient (Wildman–Crippen LogP) is 8.79. The Balaban J connectivity index is 1.01. The van der Waals surface area contributed by atoms with Crippen molar-refractivity contribution in [2.24, 2.45) is 51.4 Å². The average Bonchev–Trinajstić information content (AvgIpc) is 3.71. The molecule has 0 unspecified atom stereocenters. The van der Waals surface area contributed by atoms with Gasteiger partial charge in [0.05, 0.1) is 36.2 Å². The number of hydrogen-bond donors (Lipinski definition) is 2. The van der Waals surface area contributed by atoms with E-state index in [2.05, 4.69) is 49.6 Å². The maximum Gasteiger partial charge on any atom is 0.416 e. The van der Waals surface area contributed by atoms with Gasteiger partial charge in [0, 0.05) is 33.1 Å². The first-order chi connectivity index (χ1) is 32.3. The fourth-order valence-corrected chi connectivity index (χ4v) is 13.7. The van der Waals surface area contributed by atoms with Gasteiger partial charge in [-0.2, -0.15) is 31.4 Å². The van der Waals surface area contributed by atoms with E-state index in [4.69, 9.17) is 45.4 Å². The fourth-order valence-electron chi connectivity index (χ4n) is 13.5. The van der Waals surface area contributed by atoms with Crippen LogP contribution in [0.1, 0.15) is 123 Å². The molecule has 0 bridgehead atoms. The van der Waals surface area contributed by atoms with Crippen molar-refractivity contribution in [1.82, 2.24) is 10.7 Å². The lowest BCUT2D eigenvalue weighted by atomic mass is 9.47. The molecule has 382 valence electrons. The normalized spacial score (nSPS) is 39.6. The molecule has 13 nitrogen and oxygen atoms in total. The van der Waals surface area contributed by atoms with Crippen molar-refractivity contribution in [3.05, 3.63) is 46.5 Å². The monoisotopic (exact) mass is 999 g/mol. The van der Waals surface area contributed by atoms with E-state index in [1.165, 1.54) is 12.5 Å². The Bertz CT molecular complexity index is 2170. The summed E-state index contributed by atoms with van der Waals surface area (Å²) in [5.74, 6) is 0.0389. The van der Waals surface area contributed by atoms with Gasteiger partial charge in [-0.3, -0.25) is 19.8 Å². The third kappa shape index (κ3) is 10.3. The number of ether oxygens (including phenoxy) is 7. The van der Waals surface area contributed by atoms with E-state index in [-0.39, 0.29) is 28.1 Å². The zero-order chi connectivity index (χ0) is 50.0. The first-order valence-electron chi connectivity index (χ1n) is 24.0. The van der Waals surface area contributed by atoms with Gasteiger partial charge < -0.3 is 38.5 Å². The molecule has 3 heterocycles. The Labute approximate surface area is 403 Å². The van der Waals surface area contributed by atoms with E-state index in [0.29, 0.717) is 60.5 Å². The van der Waals surface area contributed by atoms with Gasteiger partial charge in [-0.05, 0) is 128 Å². The lowest BCUT2D eigenvalue weighted by molar-refractivity contribution is -0.288. The Morgan fingerprint density at radius 2 is 1.58 bits per heavy atom. The Morgan fingerprint density at radius 1 is 0.899 bits per heavy atom. The summed E-state index contributed by atoms with van der Waals surface area (Å²) in [5.41, 5.74) is 0.138. The highest BCUT2D eigenvalue weighted by Crippen LogP contribution is 2.70. The fraction of sp³-hybridized carbons (Fsp3) is 0.735. The highest BCUT2D eigenvalue weighted by atomic mass is 32.1. The van der Waals surface area contributed by atoms with Gasteiger partial charge in [0.15, 0.2) is 29.4 Å². The molecule has 2 N–H and O–H groups in total. The maximum absolute atomic E-state index is 13.5. The number of alkyl halides is 6. The van der Waals surface area contributed by atoms with Crippen LogP contribution in [-0.4, -0.2) is 91.1 Å². The minimum atomic E-state index is -5.08. The molecule has 7 aliphatic rings. The molecule has 3 saturated carbocycles. The van der Waals surface area contributed by atoms with Gasteiger partial charge in [-0.1, -0.05) is 39.3 Å². The first-order valence-corrected chi connectivity index (χ1v) is 24.4. The minimum absolute atomic E-state index is 0.000151. The van der Waals surface area contributed by atoms with E-state index < -0.39 is 96.1 Å². The molecule has 6 fully saturated rings. The zero-order valence-corrected chi connectivity index (χ0v) is 40.7. The van der Waals surface area contributed by atoms with Gasteiger partial charge in [0.2, 0.25) is 0 Å². The SMILES string of the molecule is CC(=O)OC[C@H]1O[C@@H](O[C@H]2CC[C@@]3(C)C(=CC[C@H]4[C@@H]5C[C@@H]6O[C@]7(CC[C@@H](C)CO7)[C@@H](C)[C@@H]6[C@@]5(C)CC[C@@H]43)C2)[C@H](NC(=S)N/N=C/c2cc(C(F)(F)F)cc(C(F)(F)F)c2)[C@@H](OC(C)=O)[C@@H]1OC(C)=O. The first kappa shape index (κ1) is 51.5. The highest BCUT2D eigenvalue weighted by Gasteiger charge is 2.69. The number of nitrogens with zero attached hydrogens (tertiary/aromatic N) is 1. The van der Waals surface area contributed by atoms with Crippen LogP contribution in [0.25, 0.3) is 0 Å². The third-order valence-electron chi connectivity index (χ3n) is 16.6. The van der Waals surface area contributed by atoms with Crippen LogP contribution in [0, 0.1) is 46.3 Å². The second-order valence-corrected chi connectivity index (χ2v) is 21.4. The summed E-state index contributed by atoms with van der Waals surface area (Å²) in [7, 11) is 0. The largest absolute Gasteiger partial charge is 0.463 e. The lowest BCUT2D eigenvalue weighted by Gasteiger charge is -2.58. The van der Waals surface area contributed by atoms with Crippen LogP contribution in [0.4, 0.5) is 26.3 Å². The summed E-state index contributed by atoms with van der Waals surface area (Å²) in [6.45, 7) is 13.2. The number of allylic oxidation sites excluding steroid dienone is 1. The van der Waals surface area contributed by atoms with Crippen molar-refractivity contribution in [1.29, 1.82) is 0 Å². The molecule has 8 rings (SSSR count). The number of benzene rings is 1. The molecule has 3 saturated heterocycles. The van der Waals surface area contributed by atoms with Crippen LogP contribution in [0.15, 0.2) is 34.9 Å². The van der Waals surface area contributed by atoms with Gasteiger partial charge in [-0.15, -0.1) is 0 Å². The quantitative estimate of drug-likeness (QED) is 0.0462. The summed E-state index contributed by atoms with van der Waals surface area (Å²) in [4.78, 5) is 37.2. The molecular weight excluding hydrogens is 937 g/mol. The van der Waals surface area contributed by atoms with Crippen molar-refractivity contribution in [2.75, 3.05) is 13.2 Å². The number of halogens is 6. The molecule has 1 aromatic rings. The van der Waals surface area contributed by atoms with E-state index in [0.717, 1.165) is 71.6 Å². The Hall–Kier alpha value is -3.85. The molecule has 1 aromatic carbocycles. The van der Waals surface area contributed by atoms with Crippen LogP contribution in [0.5, 0.6) is 0 Å². The summed E-state index contributed by atoms with van der Waals surface area (Å²) in [6.07, 6.45) is -4.35. The third-order valence-corrected chi connectivity index (χ3v) is 16.9. The van der Waals surface area contributed by atoms with E-state index >= 15 is 0 Å². The Kier molecular flexibility index (Phi) is 14.4. The molecule has 16 atom stereocenters. The van der Waals surface area contributed by atoms with Crippen molar-refractivity contribution in [2.45, 2.75) is 167 Å². The molecule has 0 amide bonds. The number of carbonyl (C=O) groups excluding carboxylic acids is 3. The highest BCUT2D eigenvalue weighted by molar-refractivity contribution is 7.80. The van der Waals surface area contributed by atoms with Crippen molar-refractivity contribution < 1.29 is 73.9 Å². The van der Waals surface area contributed by atoms with E-state index in [1.54, 1.807) is 0 Å². The van der Waals surface area contributed by atoms with Crippen molar-refractivity contribution >= 4 is 41.5 Å². The van der Waals surface area contributed by atoms with Crippen LogP contribution < -0.4 is 10.7 Å². The number of hydrogen-bond acceptors (Lipinski definition) is 12. The standard InChI is InChI=1S/C49H63F6N3O10S/c1-24-10-15-47(63-22-24)25(2)39-37(68-47)20-36-34-9-8-30-19-33(11-13-45(30,6)35(34)12-14-46(36,39)7)66-43-40(42(65-28(5)61)41(64-27(4)60)38(67-43)23-62-26(3)59)57-44(69)58-56-21-29-16-31(48(50,51)52)18-32(17-29)49(53,54)55/h8,16-18,21,24-25,33-43H,9-15,19-20,22-23H2,1-7H3,(H2,57,58,69)/b56-21+/t24-,25+,33+,34-,35+,36+,37+,38-,39+,40-,41-,42-,43-,45+,46+,47-/m1/s1. The van der Waals surface area contributed by atoms with Crippen molar-refractivity contribution in [3.8, 4) is 0 Å². The molecule has 3 aliphatic heterocycles. The second-order valence-electron chi connectivity index (χ2n) is 21.0. The van der Waals surface area contributed by atoms with Gasteiger partial charge >= 0.3 is 30.3 Å². The lowest BCUT2D eigenvalue weighted by Crippen LogP contribution is -2.67. The zero-order valence-electron chi connectivity index (χ0n) is 39.9. The number of hydrazone groups is 1. The van der Waals surface area contributed by atoms with Crippen LogP contribution >= 0.6 is 12.2 Å². The van der Waals surface area contributed by atoms with Gasteiger partial charge in [0.1, 0.15) is 18.8 Å². The molecular formula is C49H63F6N3O10S. The number of nitrogens with one attached hydrogen (secondary N) is 2. The summed E-state index contributed by atoms with van der Waals surface area (Å²) in [5, 5.41) is 6.38. The number of fused-ring (bicyclic) bond motifs is 7. The molecule has 0 aromatic heterocycles. The van der Waals surface area contributed by atoms with Gasteiger partial charge in [0.25, 0.3) is 0 Å². The van der Waals surface area contributed by atoms with Crippen molar-refractivity contribution in [3.63, 3.8) is 0 Å².